The molecule has 1 aromatic heterocycles. The lowest BCUT2D eigenvalue weighted by atomic mass is 10.1. The van der Waals surface area contributed by atoms with Crippen LogP contribution in [0.1, 0.15) is 46.9 Å². The lowest BCUT2D eigenvalue weighted by molar-refractivity contribution is -0.000403. The summed E-state index contributed by atoms with van der Waals surface area (Å²) in [7, 11) is -1.03. The van der Waals surface area contributed by atoms with Gasteiger partial charge in [-0.3, -0.25) is 4.90 Å². The third-order valence-corrected chi connectivity index (χ3v) is 13.8. The van der Waals surface area contributed by atoms with Crippen LogP contribution in [0.15, 0.2) is 60.7 Å². The Morgan fingerprint density at radius 3 is 2.25 bits per heavy atom. The Morgan fingerprint density at radius 2 is 1.70 bits per heavy atom. The number of benzene rings is 2. The fraction of sp³-hybridized carbons (Fsp3) is 0.515. The van der Waals surface area contributed by atoms with Crippen LogP contribution < -0.4 is 20.0 Å². The van der Waals surface area contributed by atoms with E-state index >= 15 is 0 Å². The molecule has 0 amide bonds. The standard InChI is InChI=1S/C33H43FN6O3Si/c1-24(28-19-25(34)21-39(28)6)42-31-37-29(20-35)36-30(38-31)40-17-18-41-23-33(5,22-40)43-44(32(2,3)4,26-13-9-7-10-14-26)27-15-11-8-12-16-27/h7-16,24-25,28H,17-19,21-23H2,1-6H3/t24-,25+,28-,33?/m0/s1. The molecule has 0 aliphatic carbocycles. The highest BCUT2D eigenvalue weighted by atomic mass is 28.4. The van der Waals surface area contributed by atoms with Crippen molar-refractivity contribution in [3.63, 3.8) is 0 Å². The Morgan fingerprint density at radius 1 is 1.07 bits per heavy atom. The quantitative estimate of drug-likeness (QED) is 0.350. The first-order valence-corrected chi connectivity index (χ1v) is 17.2. The van der Waals surface area contributed by atoms with E-state index in [2.05, 4.69) is 91.2 Å². The number of aromatic nitrogens is 3. The molecular weight excluding hydrogens is 575 g/mol. The molecule has 2 aromatic carbocycles. The van der Waals surface area contributed by atoms with Crippen molar-refractivity contribution in [3.05, 3.63) is 66.5 Å². The van der Waals surface area contributed by atoms with Crippen molar-refractivity contribution in [1.29, 1.82) is 5.26 Å². The van der Waals surface area contributed by atoms with Gasteiger partial charge < -0.3 is 18.8 Å². The molecule has 2 aliphatic rings. The van der Waals surface area contributed by atoms with E-state index in [1.807, 2.05) is 42.0 Å². The number of hydrogen-bond acceptors (Lipinski definition) is 9. The Kier molecular flexibility index (Phi) is 9.37. The van der Waals surface area contributed by atoms with E-state index in [0.29, 0.717) is 45.2 Å². The van der Waals surface area contributed by atoms with Gasteiger partial charge in [0.2, 0.25) is 11.8 Å². The van der Waals surface area contributed by atoms with Gasteiger partial charge >= 0.3 is 6.01 Å². The molecule has 11 heteroatoms. The van der Waals surface area contributed by atoms with Crippen molar-refractivity contribution in [1.82, 2.24) is 19.9 Å². The number of rotatable bonds is 8. The second kappa shape index (κ2) is 12.9. The van der Waals surface area contributed by atoms with Crippen molar-refractivity contribution < 1.29 is 18.3 Å². The summed E-state index contributed by atoms with van der Waals surface area (Å²) < 4.78 is 33.9. The van der Waals surface area contributed by atoms with Crippen LogP contribution in [0.4, 0.5) is 10.3 Å². The second-order valence-corrected chi connectivity index (χ2v) is 17.4. The Balaban J connectivity index is 1.49. The van der Waals surface area contributed by atoms with E-state index in [1.165, 1.54) is 10.4 Å². The lowest BCUT2D eigenvalue weighted by Crippen LogP contribution is -2.70. The summed E-state index contributed by atoms with van der Waals surface area (Å²) in [4.78, 5) is 17.3. The van der Waals surface area contributed by atoms with Crippen LogP contribution in [0.2, 0.25) is 5.04 Å². The van der Waals surface area contributed by atoms with Crippen molar-refractivity contribution in [2.45, 2.75) is 70.0 Å². The summed E-state index contributed by atoms with van der Waals surface area (Å²) in [6, 6.07) is 23.0. The molecule has 9 nitrogen and oxygen atoms in total. The molecule has 234 valence electrons. The molecule has 3 aromatic rings. The van der Waals surface area contributed by atoms with Crippen molar-refractivity contribution >= 4 is 24.6 Å². The lowest BCUT2D eigenvalue weighted by Gasteiger charge is -2.48. The van der Waals surface area contributed by atoms with Gasteiger partial charge in [0, 0.05) is 19.1 Å². The second-order valence-electron chi connectivity index (χ2n) is 13.2. The fourth-order valence-electron chi connectivity index (χ4n) is 6.59. The van der Waals surface area contributed by atoms with Crippen molar-refractivity contribution in [2.24, 2.45) is 0 Å². The molecule has 44 heavy (non-hydrogen) atoms. The minimum atomic E-state index is -2.91. The molecule has 0 N–H and O–H groups in total. The SMILES string of the molecule is C[C@H](Oc1nc(C#N)nc(N2CCOCC(C)(O[Si](c3ccccc3)(c3ccccc3)C(C)(C)C)C2)n1)[C@@H]1C[C@@H](F)CN1C. The number of nitrogens with zero attached hydrogens (tertiary/aromatic N) is 6. The summed E-state index contributed by atoms with van der Waals surface area (Å²) in [6.45, 7) is 12.8. The first-order chi connectivity index (χ1) is 20.9. The van der Waals surface area contributed by atoms with Gasteiger partial charge in [-0.05, 0) is 42.7 Å². The predicted octanol–water partition coefficient (Wildman–Crippen LogP) is 3.72. The third kappa shape index (κ3) is 6.64. The van der Waals surface area contributed by atoms with E-state index in [0.717, 1.165) is 0 Å². The van der Waals surface area contributed by atoms with Gasteiger partial charge in [-0.15, -0.1) is 0 Å². The van der Waals surface area contributed by atoms with E-state index < -0.39 is 20.1 Å². The van der Waals surface area contributed by atoms with Gasteiger partial charge in [0.1, 0.15) is 18.3 Å². The van der Waals surface area contributed by atoms with E-state index in [9.17, 15) is 9.65 Å². The number of alkyl halides is 1. The minimum absolute atomic E-state index is 0.0416. The maximum absolute atomic E-state index is 14.1. The molecule has 4 atom stereocenters. The first-order valence-electron chi connectivity index (χ1n) is 15.3. The van der Waals surface area contributed by atoms with Crippen molar-refractivity contribution in [3.8, 4) is 12.1 Å². The Hall–Kier alpha value is -3.43. The number of anilines is 1. The summed E-state index contributed by atoms with van der Waals surface area (Å²) in [5.74, 6) is 0.282. The highest BCUT2D eigenvalue weighted by Gasteiger charge is 2.54. The van der Waals surface area contributed by atoms with Crippen LogP contribution in [0.5, 0.6) is 6.01 Å². The van der Waals surface area contributed by atoms with Gasteiger partial charge in [0.05, 0.1) is 25.4 Å². The summed E-state index contributed by atoms with van der Waals surface area (Å²) in [6.07, 6.45) is -0.897. The fourth-order valence-corrected chi connectivity index (χ4v) is 11.4. The molecular formula is C33H43FN6O3Si. The van der Waals surface area contributed by atoms with Crippen LogP contribution in [0, 0.1) is 11.3 Å². The molecule has 3 heterocycles. The first kappa shape index (κ1) is 32.0. The number of likely N-dealkylation sites (tertiary alicyclic amines) is 1. The average molecular weight is 619 g/mol. The zero-order valence-corrected chi connectivity index (χ0v) is 27.5. The van der Waals surface area contributed by atoms with Crippen LogP contribution in [0.25, 0.3) is 0 Å². The number of ether oxygens (including phenoxy) is 2. The summed E-state index contributed by atoms with van der Waals surface area (Å²) in [5, 5.41) is 11.9. The number of nitriles is 1. The van der Waals surface area contributed by atoms with Crippen molar-refractivity contribution in [2.75, 3.05) is 44.8 Å². The normalized spacial score (nSPS) is 24.0. The number of likely N-dealkylation sites (N-methyl/N-ethyl adjacent to an activating group) is 1. The molecule has 1 unspecified atom stereocenters. The largest absolute Gasteiger partial charge is 0.459 e. The molecule has 0 saturated carbocycles. The third-order valence-electron chi connectivity index (χ3n) is 8.62. The monoisotopic (exact) mass is 618 g/mol. The van der Waals surface area contributed by atoms with Gasteiger partial charge in [0.25, 0.3) is 8.32 Å². The van der Waals surface area contributed by atoms with E-state index in [1.54, 1.807) is 0 Å². The predicted molar refractivity (Wildman–Crippen MR) is 171 cm³/mol. The highest BCUT2D eigenvalue weighted by molar-refractivity contribution is 6.99. The van der Waals surface area contributed by atoms with Crippen LogP contribution in [-0.2, 0) is 9.16 Å². The molecule has 2 fully saturated rings. The van der Waals surface area contributed by atoms with E-state index in [4.69, 9.17) is 13.9 Å². The smallest absolute Gasteiger partial charge is 0.322 e. The molecule has 0 radical (unpaired) electrons. The number of halogens is 1. The maximum Gasteiger partial charge on any atom is 0.322 e. The van der Waals surface area contributed by atoms with Crippen LogP contribution >= 0.6 is 0 Å². The van der Waals surface area contributed by atoms with Gasteiger partial charge in [0.15, 0.2) is 0 Å². The topological polar surface area (TPSA) is 96.6 Å². The maximum atomic E-state index is 14.1. The summed E-state index contributed by atoms with van der Waals surface area (Å²) in [5.41, 5.74) is -0.752. The zero-order valence-electron chi connectivity index (χ0n) is 26.5. The zero-order chi connectivity index (χ0) is 31.5. The molecule has 0 spiro atoms. The molecule has 2 saturated heterocycles. The van der Waals surface area contributed by atoms with Gasteiger partial charge in [-0.25, -0.2) is 4.39 Å². The van der Waals surface area contributed by atoms with Gasteiger partial charge in [-0.2, -0.15) is 20.2 Å². The van der Waals surface area contributed by atoms with E-state index in [-0.39, 0.29) is 29.0 Å². The highest BCUT2D eigenvalue weighted by Crippen LogP contribution is 2.40. The van der Waals surface area contributed by atoms with Crippen LogP contribution in [0.3, 0.4) is 0 Å². The summed E-state index contributed by atoms with van der Waals surface area (Å²) >= 11 is 0. The molecule has 2 aliphatic heterocycles. The molecule has 5 rings (SSSR count). The molecule has 0 bridgehead atoms. The Labute approximate surface area is 261 Å². The average Bonchev–Trinajstić information content (AvgIpc) is 3.22. The minimum Gasteiger partial charge on any atom is -0.459 e. The van der Waals surface area contributed by atoms with Gasteiger partial charge in [-0.1, -0.05) is 81.4 Å². The van der Waals surface area contributed by atoms with Crippen LogP contribution in [-0.4, -0.2) is 92.0 Å². The number of hydrogen-bond donors (Lipinski definition) is 0. The Bertz CT molecular complexity index is 1410.